The second kappa shape index (κ2) is 16.4. The van der Waals surface area contributed by atoms with Gasteiger partial charge in [-0.2, -0.15) is 0 Å². The molecular formula is C21H36IN3O3. The highest BCUT2D eigenvalue weighted by molar-refractivity contribution is 14.0. The van der Waals surface area contributed by atoms with Crippen LogP contribution in [-0.2, 0) is 9.53 Å². The largest absolute Gasteiger partial charge is 0.497 e. The molecule has 0 fully saturated rings. The second-order valence-corrected chi connectivity index (χ2v) is 6.63. The molecule has 0 spiro atoms. The summed E-state index contributed by atoms with van der Waals surface area (Å²) >= 11 is 0. The highest BCUT2D eigenvalue weighted by Crippen LogP contribution is 2.21. The Morgan fingerprint density at radius 1 is 1.04 bits per heavy atom. The Kier molecular flexibility index (Phi) is 15.6. The number of rotatable bonds is 12. The first-order valence-corrected chi connectivity index (χ1v) is 9.76. The molecule has 1 aromatic rings. The third-order valence-electron chi connectivity index (χ3n) is 4.61. The Morgan fingerprint density at radius 3 is 2.29 bits per heavy atom. The van der Waals surface area contributed by atoms with Gasteiger partial charge >= 0.3 is 5.97 Å². The number of methoxy groups -OCH3 is 2. The summed E-state index contributed by atoms with van der Waals surface area (Å²) in [6, 6.07) is 8.25. The summed E-state index contributed by atoms with van der Waals surface area (Å²) < 4.78 is 9.84. The number of ether oxygens (including phenoxy) is 2. The Labute approximate surface area is 186 Å². The van der Waals surface area contributed by atoms with E-state index in [4.69, 9.17) is 4.74 Å². The van der Waals surface area contributed by atoms with Crippen molar-refractivity contribution in [3.63, 3.8) is 0 Å². The van der Waals surface area contributed by atoms with Gasteiger partial charge in [-0.3, -0.25) is 9.79 Å². The van der Waals surface area contributed by atoms with Crippen LogP contribution < -0.4 is 15.4 Å². The third-order valence-corrected chi connectivity index (χ3v) is 4.61. The van der Waals surface area contributed by atoms with Crippen LogP contribution >= 0.6 is 24.0 Å². The Bertz CT molecular complexity index is 565. The van der Waals surface area contributed by atoms with Gasteiger partial charge in [0.15, 0.2) is 5.96 Å². The molecule has 0 radical (unpaired) electrons. The zero-order valence-corrected chi connectivity index (χ0v) is 20.0. The molecule has 0 heterocycles. The van der Waals surface area contributed by atoms with Crippen molar-refractivity contribution in [3.05, 3.63) is 29.8 Å². The predicted molar refractivity (Wildman–Crippen MR) is 126 cm³/mol. The number of carbonyl (C=O) groups is 1. The first kappa shape index (κ1) is 26.5. The van der Waals surface area contributed by atoms with Crippen LogP contribution in [0.15, 0.2) is 29.3 Å². The van der Waals surface area contributed by atoms with E-state index in [-0.39, 0.29) is 29.9 Å². The molecule has 28 heavy (non-hydrogen) atoms. The maximum Gasteiger partial charge on any atom is 0.305 e. The second-order valence-electron chi connectivity index (χ2n) is 6.63. The van der Waals surface area contributed by atoms with Crippen LogP contribution in [0.4, 0.5) is 0 Å². The smallest absolute Gasteiger partial charge is 0.305 e. The minimum absolute atomic E-state index is 0. The molecular weight excluding hydrogens is 469 g/mol. The summed E-state index contributed by atoms with van der Waals surface area (Å²) in [5, 5.41) is 6.71. The zero-order chi connectivity index (χ0) is 19.9. The van der Waals surface area contributed by atoms with Gasteiger partial charge in [-0.15, -0.1) is 24.0 Å². The summed E-state index contributed by atoms with van der Waals surface area (Å²) in [5.41, 5.74) is 1.31. The lowest BCUT2D eigenvalue weighted by Gasteiger charge is -2.15. The number of hydrogen-bond donors (Lipinski definition) is 2. The van der Waals surface area contributed by atoms with E-state index in [1.807, 2.05) is 12.1 Å². The number of guanidine groups is 1. The summed E-state index contributed by atoms with van der Waals surface area (Å²) in [5.74, 6) is 2.07. The molecule has 0 aliphatic rings. The number of benzene rings is 1. The number of hydrogen-bond acceptors (Lipinski definition) is 4. The van der Waals surface area contributed by atoms with Crippen LogP contribution in [-0.4, -0.2) is 46.3 Å². The monoisotopic (exact) mass is 505 g/mol. The number of esters is 1. The van der Waals surface area contributed by atoms with Crippen LogP contribution in [0.25, 0.3) is 0 Å². The molecule has 0 bridgehead atoms. The van der Waals surface area contributed by atoms with E-state index in [1.165, 1.54) is 12.7 Å². The SMILES string of the molecule is CN=C(NCCCCCCC(=O)OC)NCCC(C)c1ccc(OC)cc1.I. The maximum absolute atomic E-state index is 11.0. The lowest BCUT2D eigenvalue weighted by Crippen LogP contribution is -2.38. The molecule has 0 aliphatic carbocycles. The van der Waals surface area contributed by atoms with Crippen molar-refractivity contribution >= 4 is 35.9 Å². The molecule has 1 rings (SSSR count). The molecule has 0 aliphatic heterocycles. The number of nitrogens with zero attached hydrogens (tertiary/aromatic N) is 1. The predicted octanol–water partition coefficient (Wildman–Crippen LogP) is 4.10. The van der Waals surface area contributed by atoms with Gasteiger partial charge in [-0.05, 0) is 42.9 Å². The first-order chi connectivity index (χ1) is 13.1. The van der Waals surface area contributed by atoms with Gasteiger partial charge in [0.1, 0.15) is 5.75 Å². The number of halogens is 1. The van der Waals surface area contributed by atoms with Crippen molar-refractivity contribution in [1.29, 1.82) is 0 Å². The highest BCUT2D eigenvalue weighted by Gasteiger charge is 2.06. The molecule has 0 amide bonds. The van der Waals surface area contributed by atoms with Gasteiger partial charge in [-0.1, -0.05) is 31.9 Å². The van der Waals surface area contributed by atoms with Crippen molar-refractivity contribution in [2.24, 2.45) is 4.99 Å². The van der Waals surface area contributed by atoms with Gasteiger partial charge < -0.3 is 20.1 Å². The standard InChI is InChI=1S/C21H35N3O3.HI/c1-17(18-10-12-19(26-3)13-11-18)14-16-24-21(22-2)23-15-8-6-5-7-9-20(25)27-4;/h10-13,17H,5-9,14-16H2,1-4H3,(H2,22,23,24);1H. The number of carbonyl (C=O) groups excluding carboxylic acids is 1. The fourth-order valence-electron chi connectivity index (χ4n) is 2.78. The number of aliphatic imine (C=N–C) groups is 1. The molecule has 1 unspecified atom stereocenters. The van der Waals surface area contributed by atoms with Crippen LogP contribution in [0.1, 0.15) is 56.9 Å². The van der Waals surface area contributed by atoms with Gasteiger partial charge in [0.2, 0.25) is 0 Å². The number of unbranched alkanes of at least 4 members (excludes halogenated alkanes) is 3. The zero-order valence-electron chi connectivity index (χ0n) is 17.6. The summed E-state index contributed by atoms with van der Waals surface area (Å²) in [7, 11) is 4.91. The molecule has 0 saturated carbocycles. The van der Waals surface area contributed by atoms with E-state index in [9.17, 15) is 4.79 Å². The summed E-state index contributed by atoms with van der Waals surface area (Å²) in [6.07, 6.45) is 5.63. The highest BCUT2D eigenvalue weighted by atomic mass is 127. The Morgan fingerprint density at radius 2 is 1.68 bits per heavy atom. The van der Waals surface area contributed by atoms with Crippen molar-refractivity contribution in [1.82, 2.24) is 10.6 Å². The van der Waals surface area contributed by atoms with Crippen LogP contribution in [0.3, 0.4) is 0 Å². The quantitative estimate of drug-likeness (QED) is 0.147. The lowest BCUT2D eigenvalue weighted by atomic mass is 9.98. The fraction of sp³-hybridized carbons (Fsp3) is 0.619. The van der Waals surface area contributed by atoms with Crippen molar-refractivity contribution in [3.8, 4) is 5.75 Å². The Balaban J connectivity index is 0.00000729. The van der Waals surface area contributed by atoms with E-state index < -0.39 is 0 Å². The van der Waals surface area contributed by atoms with E-state index >= 15 is 0 Å². The first-order valence-electron chi connectivity index (χ1n) is 9.76. The average Bonchev–Trinajstić information content (AvgIpc) is 2.71. The van der Waals surface area contributed by atoms with Crippen LogP contribution in [0, 0.1) is 0 Å². The van der Waals surface area contributed by atoms with Crippen LogP contribution in [0.5, 0.6) is 5.75 Å². The van der Waals surface area contributed by atoms with Gasteiger partial charge in [-0.25, -0.2) is 0 Å². The molecule has 0 saturated heterocycles. The summed E-state index contributed by atoms with van der Waals surface area (Å²) in [6.45, 7) is 3.98. The minimum Gasteiger partial charge on any atom is -0.497 e. The third kappa shape index (κ3) is 11.4. The molecule has 7 heteroatoms. The molecule has 2 N–H and O–H groups in total. The molecule has 1 aromatic carbocycles. The molecule has 6 nitrogen and oxygen atoms in total. The van der Waals surface area contributed by atoms with E-state index in [2.05, 4.69) is 39.4 Å². The normalized spacial score (nSPS) is 11.9. The molecule has 0 aromatic heterocycles. The molecule has 1 atom stereocenters. The van der Waals surface area contributed by atoms with Crippen LogP contribution in [0.2, 0.25) is 0 Å². The number of nitrogens with one attached hydrogen (secondary N) is 2. The van der Waals surface area contributed by atoms with Crippen molar-refractivity contribution in [2.45, 2.75) is 51.4 Å². The van der Waals surface area contributed by atoms with Gasteiger partial charge in [0.05, 0.1) is 14.2 Å². The van der Waals surface area contributed by atoms with E-state index in [0.717, 1.165) is 56.9 Å². The maximum atomic E-state index is 11.0. The Hall–Kier alpha value is -1.51. The average molecular weight is 505 g/mol. The molecule has 160 valence electrons. The topological polar surface area (TPSA) is 72.0 Å². The minimum atomic E-state index is -0.124. The van der Waals surface area contributed by atoms with Gasteiger partial charge in [0.25, 0.3) is 0 Å². The van der Waals surface area contributed by atoms with Gasteiger partial charge in [0, 0.05) is 26.6 Å². The van der Waals surface area contributed by atoms with E-state index in [0.29, 0.717) is 12.3 Å². The fourth-order valence-corrected chi connectivity index (χ4v) is 2.78. The lowest BCUT2D eigenvalue weighted by molar-refractivity contribution is -0.140. The van der Waals surface area contributed by atoms with Crippen molar-refractivity contribution < 1.29 is 14.3 Å². The van der Waals surface area contributed by atoms with E-state index in [1.54, 1.807) is 14.2 Å². The van der Waals surface area contributed by atoms with Crippen molar-refractivity contribution in [2.75, 3.05) is 34.4 Å². The summed E-state index contributed by atoms with van der Waals surface area (Å²) in [4.78, 5) is 15.3.